The highest BCUT2D eigenvalue weighted by atomic mass is 35.5. The van der Waals surface area contributed by atoms with Gasteiger partial charge in [0, 0.05) is 15.6 Å². The molecular weight excluding hydrogens is 531 g/mol. The summed E-state index contributed by atoms with van der Waals surface area (Å²) in [7, 11) is 0. The molecule has 194 valence electrons. The highest BCUT2D eigenvalue weighted by Gasteiger charge is 2.12. The number of carbonyl (C=O) groups excluding carboxylic acids is 1. The summed E-state index contributed by atoms with van der Waals surface area (Å²) >= 11 is 12.2. The Hall–Kier alpha value is -4.32. The smallest absolute Gasteiger partial charge is 0.275 e. The topological polar surface area (TPSA) is 59.9 Å². The van der Waals surface area contributed by atoms with E-state index in [1.807, 2.05) is 42.5 Å². The lowest BCUT2D eigenvalue weighted by molar-refractivity contribution is 0.0950. The van der Waals surface area contributed by atoms with Crippen molar-refractivity contribution in [3.8, 4) is 11.5 Å². The molecule has 5 aromatic carbocycles. The van der Waals surface area contributed by atoms with Crippen molar-refractivity contribution in [2.45, 2.75) is 13.2 Å². The fraction of sp³-hybridized carbons (Fsp3) is 0.0625. The predicted octanol–water partition coefficient (Wildman–Crippen LogP) is 8.07. The van der Waals surface area contributed by atoms with Crippen molar-refractivity contribution in [2.75, 3.05) is 0 Å². The van der Waals surface area contributed by atoms with Crippen LogP contribution in [0.5, 0.6) is 11.5 Å². The molecule has 1 amide bonds. The highest BCUT2D eigenvalue weighted by molar-refractivity contribution is 6.35. The zero-order valence-corrected chi connectivity index (χ0v) is 22.3. The van der Waals surface area contributed by atoms with Crippen LogP contribution in [0.15, 0.2) is 114 Å². The van der Waals surface area contributed by atoms with Crippen LogP contribution in [-0.4, -0.2) is 12.1 Å². The molecule has 5 rings (SSSR count). The third kappa shape index (κ3) is 6.77. The lowest BCUT2D eigenvalue weighted by atomic mass is 10.1. The Morgan fingerprint density at radius 2 is 1.51 bits per heavy atom. The standard InChI is InChI=1S/C32H24Cl2N2O3/c33-26-15-14-25(30(34)18-26)21-39-31-11-4-3-10-29(31)32(37)36-35-19-22-12-16-27(17-13-22)38-20-24-8-5-7-23-6-1-2-9-28(23)24/h1-19H,20-21H2,(H,36,37)/b35-19+. The molecule has 0 aromatic heterocycles. The Kier molecular flexibility index (Phi) is 8.42. The maximum absolute atomic E-state index is 12.8. The normalized spacial score (nSPS) is 11.0. The van der Waals surface area contributed by atoms with Gasteiger partial charge in [0.15, 0.2) is 0 Å². The van der Waals surface area contributed by atoms with Crippen LogP contribution in [0.4, 0.5) is 0 Å². The molecule has 0 spiro atoms. The number of benzene rings is 5. The van der Waals surface area contributed by atoms with Crippen molar-refractivity contribution >= 4 is 46.1 Å². The van der Waals surface area contributed by atoms with Crippen molar-refractivity contribution in [3.05, 3.63) is 141 Å². The van der Waals surface area contributed by atoms with E-state index in [2.05, 4.69) is 34.8 Å². The molecule has 0 aliphatic carbocycles. The van der Waals surface area contributed by atoms with Crippen LogP contribution < -0.4 is 14.9 Å². The molecule has 0 bridgehead atoms. The number of nitrogens with one attached hydrogen (secondary N) is 1. The second-order valence-corrected chi connectivity index (χ2v) is 9.56. The van der Waals surface area contributed by atoms with Gasteiger partial charge in [0.25, 0.3) is 5.91 Å². The number of amides is 1. The fourth-order valence-electron chi connectivity index (χ4n) is 4.03. The molecule has 0 heterocycles. The maximum atomic E-state index is 12.8. The van der Waals surface area contributed by atoms with Crippen molar-refractivity contribution in [1.29, 1.82) is 0 Å². The number of hydrazone groups is 1. The minimum atomic E-state index is -0.390. The Balaban J connectivity index is 1.16. The number of hydrogen-bond acceptors (Lipinski definition) is 4. The molecule has 0 atom stereocenters. The van der Waals surface area contributed by atoms with E-state index >= 15 is 0 Å². The summed E-state index contributed by atoms with van der Waals surface area (Å²) < 4.78 is 11.9. The van der Waals surface area contributed by atoms with E-state index in [4.69, 9.17) is 32.7 Å². The molecule has 5 nitrogen and oxygen atoms in total. The SMILES string of the molecule is O=C(N/N=C/c1ccc(OCc2cccc3ccccc23)cc1)c1ccccc1OCc1ccc(Cl)cc1Cl. The Morgan fingerprint density at radius 3 is 2.36 bits per heavy atom. The Bertz CT molecular complexity index is 1630. The van der Waals surface area contributed by atoms with E-state index < -0.39 is 0 Å². The zero-order valence-electron chi connectivity index (χ0n) is 20.8. The molecule has 0 aliphatic rings. The van der Waals surface area contributed by atoms with Gasteiger partial charge in [-0.3, -0.25) is 4.79 Å². The third-order valence-electron chi connectivity index (χ3n) is 6.06. The molecule has 0 saturated heterocycles. The number of carbonyl (C=O) groups is 1. The van der Waals surface area contributed by atoms with Crippen molar-refractivity contribution in [1.82, 2.24) is 5.43 Å². The van der Waals surface area contributed by atoms with Crippen LogP contribution in [0.25, 0.3) is 10.8 Å². The van der Waals surface area contributed by atoms with Crippen LogP contribution in [0, 0.1) is 0 Å². The second-order valence-electron chi connectivity index (χ2n) is 8.72. The summed E-state index contributed by atoms with van der Waals surface area (Å²) in [6.45, 7) is 0.662. The molecule has 1 N–H and O–H groups in total. The fourth-order valence-corrected chi connectivity index (χ4v) is 4.49. The maximum Gasteiger partial charge on any atom is 0.275 e. The van der Waals surface area contributed by atoms with E-state index in [-0.39, 0.29) is 12.5 Å². The summed E-state index contributed by atoms with van der Waals surface area (Å²) in [5, 5.41) is 7.51. The van der Waals surface area contributed by atoms with Gasteiger partial charge in [0.05, 0.1) is 11.8 Å². The number of para-hydroxylation sites is 1. The van der Waals surface area contributed by atoms with Gasteiger partial charge in [0.1, 0.15) is 24.7 Å². The quantitative estimate of drug-likeness (QED) is 0.148. The highest BCUT2D eigenvalue weighted by Crippen LogP contribution is 2.25. The first kappa shape index (κ1) is 26.3. The van der Waals surface area contributed by atoms with Crippen LogP contribution in [0.3, 0.4) is 0 Å². The van der Waals surface area contributed by atoms with Gasteiger partial charge in [-0.15, -0.1) is 0 Å². The first-order valence-electron chi connectivity index (χ1n) is 12.3. The lowest BCUT2D eigenvalue weighted by Gasteiger charge is -2.11. The van der Waals surface area contributed by atoms with E-state index in [0.29, 0.717) is 28.0 Å². The average Bonchev–Trinajstić information content (AvgIpc) is 2.96. The van der Waals surface area contributed by atoms with Crippen LogP contribution in [0.2, 0.25) is 10.0 Å². The van der Waals surface area contributed by atoms with Gasteiger partial charge in [-0.1, -0.05) is 83.9 Å². The van der Waals surface area contributed by atoms with Crippen molar-refractivity contribution < 1.29 is 14.3 Å². The number of halogens is 2. The molecular formula is C32H24Cl2N2O3. The number of hydrogen-bond donors (Lipinski definition) is 1. The monoisotopic (exact) mass is 554 g/mol. The summed E-state index contributed by atoms with van der Waals surface area (Å²) in [5.41, 5.74) is 5.62. The zero-order chi connectivity index (χ0) is 27.0. The average molecular weight is 555 g/mol. The first-order chi connectivity index (χ1) is 19.1. The Morgan fingerprint density at radius 1 is 0.769 bits per heavy atom. The Labute approximate surface area is 236 Å². The van der Waals surface area contributed by atoms with Gasteiger partial charge < -0.3 is 9.47 Å². The predicted molar refractivity (Wildman–Crippen MR) is 157 cm³/mol. The van der Waals surface area contributed by atoms with Gasteiger partial charge >= 0.3 is 0 Å². The summed E-state index contributed by atoms with van der Waals surface area (Å²) in [4.78, 5) is 12.8. The van der Waals surface area contributed by atoms with Crippen molar-refractivity contribution in [2.24, 2.45) is 5.10 Å². The molecule has 5 aromatic rings. The minimum Gasteiger partial charge on any atom is -0.489 e. The van der Waals surface area contributed by atoms with E-state index in [9.17, 15) is 4.79 Å². The van der Waals surface area contributed by atoms with E-state index in [1.165, 1.54) is 10.8 Å². The molecule has 0 aliphatic heterocycles. The molecule has 0 radical (unpaired) electrons. The second kappa shape index (κ2) is 12.5. The summed E-state index contributed by atoms with van der Waals surface area (Å²) in [5.74, 6) is 0.777. The van der Waals surface area contributed by atoms with E-state index in [1.54, 1.807) is 48.7 Å². The van der Waals surface area contributed by atoms with Gasteiger partial charge in [-0.05, 0) is 70.4 Å². The van der Waals surface area contributed by atoms with Crippen LogP contribution in [0.1, 0.15) is 27.0 Å². The number of rotatable bonds is 9. The number of ether oxygens (including phenoxy) is 2. The molecule has 7 heteroatoms. The van der Waals surface area contributed by atoms with Crippen LogP contribution in [-0.2, 0) is 13.2 Å². The first-order valence-corrected chi connectivity index (χ1v) is 13.0. The number of fused-ring (bicyclic) bond motifs is 1. The molecule has 0 saturated carbocycles. The minimum absolute atomic E-state index is 0.193. The van der Waals surface area contributed by atoms with Crippen LogP contribution >= 0.6 is 23.2 Å². The van der Waals surface area contributed by atoms with Gasteiger partial charge in [-0.25, -0.2) is 5.43 Å². The lowest BCUT2D eigenvalue weighted by Crippen LogP contribution is -2.18. The third-order valence-corrected chi connectivity index (χ3v) is 6.65. The van der Waals surface area contributed by atoms with Gasteiger partial charge in [0.2, 0.25) is 0 Å². The van der Waals surface area contributed by atoms with E-state index in [0.717, 1.165) is 22.4 Å². The largest absolute Gasteiger partial charge is 0.489 e. The number of nitrogens with zero attached hydrogens (tertiary/aromatic N) is 1. The molecule has 0 unspecified atom stereocenters. The molecule has 0 fully saturated rings. The summed E-state index contributed by atoms with van der Waals surface area (Å²) in [6.07, 6.45) is 1.57. The van der Waals surface area contributed by atoms with Crippen molar-refractivity contribution in [3.63, 3.8) is 0 Å². The van der Waals surface area contributed by atoms with Gasteiger partial charge in [-0.2, -0.15) is 5.10 Å². The summed E-state index contributed by atoms with van der Waals surface area (Å²) in [6, 6.07) is 34.1. The molecule has 39 heavy (non-hydrogen) atoms.